The first-order valence-corrected chi connectivity index (χ1v) is 4.92. The molecule has 0 spiro atoms. The largest absolute Gasteiger partial charge is 0.499 e. The second-order valence-electron chi connectivity index (χ2n) is 3.14. The summed E-state index contributed by atoms with van der Waals surface area (Å²) in [7, 11) is -1.46. The van der Waals surface area contributed by atoms with Crippen LogP contribution in [-0.4, -0.2) is 35.6 Å². The van der Waals surface area contributed by atoms with Crippen LogP contribution in [0.15, 0.2) is 6.07 Å². The van der Waals surface area contributed by atoms with E-state index in [1.54, 1.807) is 6.07 Å². The van der Waals surface area contributed by atoms with E-state index in [2.05, 4.69) is 0 Å². The van der Waals surface area contributed by atoms with Crippen molar-refractivity contribution in [2.45, 2.75) is 13.0 Å². The highest BCUT2D eigenvalue weighted by Gasteiger charge is 2.21. The van der Waals surface area contributed by atoms with Gasteiger partial charge < -0.3 is 14.9 Å². The van der Waals surface area contributed by atoms with Crippen LogP contribution in [0.1, 0.15) is 14.6 Å². The van der Waals surface area contributed by atoms with E-state index in [9.17, 15) is 0 Å². The van der Waals surface area contributed by atoms with E-state index < -0.39 is 14.1 Å². The molecule has 0 aliphatic carbocycles. The molecule has 1 aromatic rings. The van der Waals surface area contributed by atoms with E-state index in [0.717, 1.165) is 10.4 Å². The van der Waals surface area contributed by atoms with Crippen LogP contribution in [0.5, 0.6) is 0 Å². The summed E-state index contributed by atoms with van der Waals surface area (Å²) in [4.78, 5) is 2.35. The van der Waals surface area contributed by atoms with Gasteiger partial charge in [-0.15, -0.1) is 11.3 Å². The number of fused-ring (bicyclic) bond motifs is 1. The standard InChI is InChI=1S/C8H12BNO2S/c1-10-3-2-6-4-8(9(11)12)13-7(6)5-10/h4,11-12H,2-3,5H2,1H3/i1D3. The molecule has 2 rings (SSSR count). The van der Waals surface area contributed by atoms with Crippen LogP contribution < -0.4 is 4.78 Å². The minimum atomic E-state index is -2.07. The number of thiophene rings is 1. The zero-order valence-electron chi connectivity index (χ0n) is 10.0. The Labute approximate surface area is 86.0 Å². The molecule has 0 atom stereocenters. The third kappa shape index (κ3) is 1.78. The Morgan fingerprint density at radius 3 is 3.23 bits per heavy atom. The van der Waals surface area contributed by atoms with Gasteiger partial charge in [0.25, 0.3) is 0 Å². The molecule has 0 radical (unpaired) electrons. The van der Waals surface area contributed by atoms with Gasteiger partial charge in [0, 0.05) is 26.9 Å². The molecule has 70 valence electrons. The number of nitrogens with zero attached hydrogens (tertiary/aromatic N) is 1. The van der Waals surface area contributed by atoms with Gasteiger partial charge in [0.15, 0.2) is 0 Å². The molecule has 5 heteroatoms. The van der Waals surface area contributed by atoms with Crippen molar-refractivity contribution in [2.75, 3.05) is 13.5 Å². The van der Waals surface area contributed by atoms with Crippen molar-refractivity contribution in [1.29, 1.82) is 0 Å². The van der Waals surface area contributed by atoms with Crippen LogP contribution in [0.2, 0.25) is 0 Å². The van der Waals surface area contributed by atoms with Gasteiger partial charge in [-0.2, -0.15) is 0 Å². The monoisotopic (exact) mass is 200 g/mol. The molecule has 3 nitrogen and oxygen atoms in total. The fraction of sp³-hybridized carbons (Fsp3) is 0.500. The summed E-state index contributed by atoms with van der Waals surface area (Å²) in [6.45, 7) is -1.22. The zero-order chi connectivity index (χ0) is 11.9. The van der Waals surface area contributed by atoms with Crippen molar-refractivity contribution < 1.29 is 14.2 Å². The van der Waals surface area contributed by atoms with Crippen molar-refractivity contribution in [3.8, 4) is 0 Å². The van der Waals surface area contributed by atoms with Crippen LogP contribution in [0.4, 0.5) is 0 Å². The van der Waals surface area contributed by atoms with Crippen molar-refractivity contribution in [2.24, 2.45) is 0 Å². The van der Waals surface area contributed by atoms with E-state index in [4.69, 9.17) is 14.2 Å². The number of rotatable bonds is 1. The molecule has 2 N–H and O–H groups in total. The summed E-state index contributed by atoms with van der Waals surface area (Å²) in [5, 5.41) is 18.1. The maximum absolute atomic E-state index is 9.04. The molecule has 0 amide bonds. The maximum atomic E-state index is 9.04. The fourth-order valence-electron chi connectivity index (χ4n) is 1.47. The predicted octanol–water partition coefficient (Wildman–Crippen LogP) is -0.584. The summed E-state index contributed by atoms with van der Waals surface area (Å²) in [6.07, 6.45) is 0.650. The second-order valence-corrected chi connectivity index (χ2v) is 4.31. The molecule has 0 bridgehead atoms. The molecule has 0 fully saturated rings. The average Bonchev–Trinajstić information content (AvgIpc) is 2.58. The van der Waals surface area contributed by atoms with Gasteiger partial charge in [-0.25, -0.2) is 0 Å². The van der Waals surface area contributed by atoms with E-state index in [1.807, 2.05) is 0 Å². The van der Waals surface area contributed by atoms with Crippen molar-refractivity contribution in [1.82, 2.24) is 4.90 Å². The highest BCUT2D eigenvalue weighted by Crippen LogP contribution is 2.21. The predicted molar refractivity (Wildman–Crippen MR) is 54.2 cm³/mol. The lowest BCUT2D eigenvalue weighted by atomic mass is 9.88. The second kappa shape index (κ2) is 3.42. The first-order chi connectivity index (χ1) is 7.38. The van der Waals surface area contributed by atoms with Gasteiger partial charge >= 0.3 is 7.12 Å². The molecule has 0 aromatic carbocycles. The normalized spacial score (nSPS) is 21.5. The molecule has 0 saturated heterocycles. The lowest BCUT2D eigenvalue weighted by Gasteiger charge is -2.21. The van der Waals surface area contributed by atoms with Crippen molar-refractivity contribution >= 4 is 23.2 Å². The van der Waals surface area contributed by atoms with E-state index >= 15 is 0 Å². The van der Waals surface area contributed by atoms with Crippen LogP contribution in [0.25, 0.3) is 0 Å². The van der Waals surface area contributed by atoms with Crippen LogP contribution in [0.3, 0.4) is 0 Å². The highest BCUT2D eigenvalue weighted by molar-refractivity contribution is 7.22. The Bertz CT molecular complexity index is 393. The Hall–Kier alpha value is -0.355. The quantitative estimate of drug-likeness (QED) is 0.596. The Balaban J connectivity index is 2.21. The van der Waals surface area contributed by atoms with Crippen LogP contribution in [0, 0.1) is 0 Å². The molecule has 1 aliphatic heterocycles. The van der Waals surface area contributed by atoms with Crippen molar-refractivity contribution in [3.05, 3.63) is 16.5 Å². The third-order valence-electron chi connectivity index (χ3n) is 2.16. The number of hydrogen-bond acceptors (Lipinski definition) is 4. The zero-order valence-corrected chi connectivity index (χ0v) is 7.84. The van der Waals surface area contributed by atoms with E-state index in [0.29, 0.717) is 24.3 Å². The van der Waals surface area contributed by atoms with Gasteiger partial charge in [0.2, 0.25) is 0 Å². The molecule has 13 heavy (non-hydrogen) atoms. The van der Waals surface area contributed by atoms with Gasteiger partial charge in [0.05, 0.1) is 0 Å². The summed E-state index contributed by atoms with van der Waals surface area (Å²) < 4.78 is 22.5. The third-order valence-corrected chi connectivity index (χ3v) is 3.36. The van der Waals surface area contributed by atoms with Gasteiger partial charge in [-0.3, -0.25) is 0 Å². The number of likely N-dealkylation sites (N-methyl/N-ethyl adjacent to an activating group) is 1. The lowest BCUT2D eigenvalue weighted by Crippen LogP contribution is -2.26. The maximum Gasteiger partial charge on any atom is 0.499 e. The minimum absolute atomic E-state index is 0.364. The number of hydrogen-bond donors (Lipinski definition) is 2. The first kappa shape index (κ1) is 6.19. The minimum Gasteiger partial charge on any atom is -0.423 e. The smallest absolute Gasteiger partial charge is 0.423 e. The lowest BCUT2D eigenvalue weighted by molar-refractivity contribution is 0.317. The van der Waals surface area contributed by atoms with Crippen molar-refractivity contribution in [3.63, 3.8) is 0 Å². The van der Waals surface area contributed by atoms with Gasteiger partial charge in [-0.1, -0.05) is 0 Å². The van der Waals surface area contributed by atoms with E-state index in [-0.39, 0.29) is 0 Å². The summed E-state index contributed by atoms with van der Waals surface area (Å²) in [6, 6.07) is 1.75. The first-order valence-electron chi connectivity index (χ1n) is 5.60. The Kier molecular flexibility index (Phi) is 1.63. The highest BCUT2D eigenvalue weighted by atomic mass is 32.1. The van der Waals surface area contributed by atoms with Gasteiger partial charge in [0.1, 0.15) is 0 Å². The molecular weight excluding hydrogens is 185 g/mol. The topological polar surface area (TPSA) is 43.7 Å². The average molecular weight is 200 g/mol. The molecule has 1 aromatic heterocycles. The molecule has 1 aliphatic rings. The molecule has 0 saturated carbocycles. The summed E-state index contributed by atoms with van der Waals surface area (Å²) in [5.41, 5.74) is 1.04. The summed E-state index contributed by atoms with van der Waals surface area (Å²) in [5.74, 6) is 0. The van der Waals surface area contributed by atoms with Crippen LogP contribution in [-0.2, 0) is 13.0 Å². The fourth-order valence-corrected chi connectivity index (χ4v) is 2.57. The Morgan fingerprint density at radius 1 is 1.69 bits per heavy atom. The summed E-state index contributed by atoms with van der Waals surface area (Å²) >= 11 is 1.27. The molecular formula is C8H12BNO2S. The molecule has 0 unspecified atom stereocenters. The SMILES string of the molecule is [2H]C([2H])([2H])N1CCc2cc(B(O)O)sc2C1. The van der Waals surface area contributed by atoms with Crippen LogP contribution >= 0.6 is 11.3 Å². The molecule has 2 heterocycles. The van der Waals surface area contributed by atoms with E-state index in [1.165, 1.54) is 16.2 Å². The van der Waals surface area contributed by atoms with Gasteiger partial charge in [-0.05, 0) is 25.0 Å². The Morgan fingerprint density at radius 2 is 2.54 bits per heavy atom.